The van der Waals surface area contributed by atoms with Gasteiger partial charge >= 0.3 is 0 Å². The van der Waals surface area contributed by atoms with E-state index >= 15 is 0 Å². The number of ether oxygens (including phenoxy) is 1. The molecule has 0 bridgehead atoms. The van der Waals surface area contributed by atoms with Crippen molar-refractivity contribution in [2.75, 3.05) is 24.4 Å². The van der Waals surface area contributed by atoms with E-state index in [4.69, 9.17) is 4.74 Å². The second kappa shape index (κ2) is 7.94. The molecule has 2 aromatic rings. The van der Waals surface area contributed by atoms with Gasteiger partial charge in [-0.2, -0.15) is 11.8 Å². The number of carbonyl (C=O) groups is 3. The third kappa shape index (κ3) is 2.97. The fourth-order valence-corrected chi connectivity index (χ4v) is 5.87. The minimum Gasteiger partial charge on any atom is -0.497 e. The van der Waals surface area contributed by atoms with Crippen LogP contribution in [-0.4, -0.2) is 47.8 Å². The molecule has 3 aliphatic heterocycles. The molecule has 5 rings (SSSR count). The number of nitrogens with one attached hydrogen (secondary N) is 2. The van der Waals surface area contributed by atoms with Crippen molar-refractivity contribution in [3.63, 3.8) is 0 Å². The molecule has 0 radical (unpaired) electrons. The topological polar surface area (TPSA) is 87.7 Å². The second-order valence-corrected chi connectivity index (χ2v) is 9.44. The predicted molar refractivity (Wildman–Crippen MR) is 122 cm³/mol. The minimum absolute atomic E-state index is 0.184. The van der Waals surface area contributed by atoms with Gasteiger partial charge in [-0.15, -0.1) is 0 Å². The van der Waals surface area contributed by atoms with E-state index in [1.807, 2.05) is 54.8 Å². The summed E-state index contributed by atoms with van der Waals surface area (Å²) in [5, 5.41) is 6.39. The Hall–Kier alpha value is -2.84. The Balaban J connectivity index is 1.54. The van der Waals surface area contributed by atoms with E-state index in [-0.39, 0.29) is 30.3 Å². The molecule has 2 N–H and O–H groups in total. The number of hydrogen-bond donors (Lipinski definition) is 2. The van der Waals surface area contributed by atoms with Crippen LogP contribution >= 0.6 is 11.8 Å². The molecule has 0 aromatic heterocycles. The number of nitrogens with zero attached hydrogens (tertiary/aromatic N) is 1. The van der Waals surface area contributed by atoms with Crippen molar-refractivity contribution in [2.45, 2.75) is 24.5 Å². The van der Waals surface area contributed by atoms with Crippen LogP contribution in [0.15, 0.2) is 48.5 Å². The maximum Gasteiger partial charge on any atom is 0.250 e. The van der Waals surface area contributed by atoms with Crippen molar-refractivity contribution in [3.05, 3.63) is 59.7 Å². The van der Waals surface area contributed by atoms with Gasteiger partial charge in [0.1, 0.15) is 11.3 Å². The summed E-state index contributed by atoms with van der Waals surface area (Å²) >= 11 is 1.69. The number of para-hydroxylation sites is 1. The van der Waals surface area contributed by atoms with Gasteiger partial charge in [0.05, 0.1) is 25.5 Å². The van der Waals surface area contributed by atoms with Crippen LogP contribution in [0.3, 0.4) is 0 Å². The number of benzene rings is 2. The summed E-state index contributed by atoms with van der Waals surface area (Å²) in [5.74, 6) is -0.531. The highest BCUT2D eigenvalue weighted by Crippen LogP contribution is 2.53. The molecule has 3 heterocycles. The molecule has 2 aromatic carbocycles. The van der Waals surface area contributed by atoms with Crippen molar-refractivity contribution < 1.29 is 19.1 Å². The number of methoxy groups -OCH3 is 1. The fourth-order valence-electron chi connectivity index (χ4n) is 5.38. The van der Waals surface area contributed by atoms with E-state index in [1.54, 1.807) is 18.9 Å². The second-order valence-electron chi connectivity index (χ2n) is 8.45. The lowest BCUT2D eigenvalue weighted by atomic mass is 9.76. The van der Waals surface area contributed by atoms with Gasteiger partial charge in [0, 0.05) is 17.3 Å². The summed E-state index contributed by atoms with van der Waals surface area (Å²) in [6.07, 6.45) is 2.71. The van der Waals surface area contributed by atoms with Crippen LogP contribution in [0.1, 0.15) is 17.5 Å². The summed E-state index contributed by atoms with van der Waals surface area (Å²) in [7, 11) is 1.59. The molecule has 7 nitrogen and oxygen atoms in total. The monoisotopic (exact) mass is 451 g/mol. The van der Waals surface area contributed by atoms with E-state index in [0.29, 0.717) is 17.9 Å². The third-order valence-corrected chi connectivity index (χ3v) is 7.49. The van der Waals surface area contributed by atoms with Crippen LogP contribution in [0.2, 0.25) is 0 Å². The van der Waals surface area contributed by atoms with Crippen molar-refractivity contribution in [1.29, 1.82) is 0 Å². The maximum atomic E-state index is 13.7. The van der Waals surface area contributed by atoms with E-state index in [9.17, 15) is 14.4 Å². The Labute approximate surface area is 190 Å². The fraction of sp³-hybridized carbons (Fsp3) is 0.375. The number of fused-ring (bicyclic) bond motifs is 4. The SMILES string of the molecule is COc1ccc(CN2C(=O)C3C(CCSC)NC4(C(=O)Nc5ccccc54)C3C2=O)cc1. The van der Waals surface area contributed by atoms with Crippen molar-refractivity contribution >= 4 is 35.2 Å². The van der Waals surface area contributed by atoms with Gasteiger partial charge in [0.15, 0.2) is 0 Å². The molecular formula is C24H25N3O4S. The first kappa shape index (κ1) is 21.0. The Kier molecular flexibility index (Phi) is 5.22. The summed E-state index contributed by atoms with van der Waals surface area (Å²) < 4.78 is 5.20. The van der Waals surface area contributed by atoms with Crippen LogP contribution in [0.4, 0.5) is 5.69 Å². The van der Waals surface area contributed by atoms with Gasteiger partial charge < -0.3 is 10.1 Å². The van der Waals surface area contributed by atoms with Gasteiger partial charge in [-0.3, -0.25) is 24.6 Å². The first-order valence-corrected chi connectivity index (χ1v) is 12.1. The summed E-state index contributed by atoms with van der Waals surface area (Å²) in [4.78, 5) is 41.9. The van der Waals surface area contributed by atoms with Crippen LogP contribution < -0.4 is 15.4 Å². The third-order valence-electron chi connectivity index (χ3n) is 6.85. The lowest BCUT2D eigenvalue weighted by Gasteiger charge is -2.29. The van der Waals surface area contributed by atoms with Gasteiger partial charge in [0.2, 0.25) is 17.7 Å². The van der Waals surface area contributed by atoms with Gasteiger partial charge in [-0.1, -0.05) is 30.3 Å². The highest BCUT2D eigenvalue weighted by Gasteiger charge is 2.70. The summed E-state index contributed by atoms with van der Waals surface area (Å²) in [6.45, 7) is 0.184. The molecule has 4 atom stereocenters. The average molecular weight is 452 g/mol. The van der Waals surface area contributed by atoms with Crippen molar-refractivity contribution in [2.24, 2.45) is 11.8 Å². The lowest BCUT2D eigenvalue weighted by molar-refractivity contribution is -0.143. The van der Waals surface area contributed by atoms with Crippen molar-refractivity contribution in [3.8, 4) is 5.75 Å². The maximum absolute atomic E-state index is 13.7. The number of amides is 3. The molecule has 166 valence electrons. The number of likely N-dealkylation sites (tertiary alicyclic amines) is 1. The average Bonchev–Trinajstić information content (AvgIpc) is 3.39. The number of carbonyl (C=O) groups excluding carboxylic acids is 3. The zero-order chi connectivity index (χ0) is 22.5. The van der Waals surface area contributed by atoms with Crippen LogP contribution in [-0.2, 0) is 26.5 Å². The molecule has 3 amide bonds. The Morgan fingerprint density at radius 2 is 1.81 bits per heavy atom. The number of rotatable bonds is 6. The number of hydrogen-bond acceptors (Lipinski definition) is 6. The largest absolute Gasteiger partial charge is 0.497 e. The molecule has 0 saturated carbocycles. The first-order valence-electron chi connectivity index (χ1n) is 10.7. The Morgan fingerprint density at radius 1 is 1.06 bits per heavy atom. The molecule has 0 aliphatic carbocycles. The van der Waals surface area contributed by atoms with E-state index in [1.165, 1.54) is 4.90 Å². The zero-order valence-corrected chi connectivity index (χ0v) is 18.8. The zero-order valence-electron chi connectivity index (χ0n) is 18.0. The lowest BCUT2D eigenvalue weighted by Crippen LogP contribution is -2.53. The Bertz CT molecular complexity index is 1090. The molecule has 2 fully saturated rings. The molecular weight excluding hydrogens is 426 g/mol. The number of imide groups is 1. The van der Waals surface area contributed by atoms with Gasteiger partial charge in [-0.05, 0) is 42.2 Å². The minimum atomic E-state index is -1.22. The van der Waals surface area contributed by atoms with Gasteiger partial charge in [-0.25, -0.2) is 0 Å². The molecule has 1 spiro atoms. The van der Waals surface area contributed by atoms with Crippen LogP contribution in [0, 0.1) is 11.8 Å². The molecule has 32 heavy (non-hydrogen) atoms. The van der Waals surface area contributed by atoms with E-state index < -0.39 is 17.4 Å². The highest BCUT2D eigenvalue weighted by atomic mass is 32.2. The molecule has 8 heteroatoms. The summed E-state index contributed by atoms with van der Waals surface area (Å²) in [6, 6.07) is 14.5. The number of anilines is 1. The highest BCUT2D eigenvalue weighted by molar-refractivity contribution is 7.98. The normalized spacial score (nSPS) is 28.2. The molecule has 2 saturated heterocycles. The van der Waals surface area contributed by atoms with Crippen molar-refractivity contribution in [1.82, 2.24) is 10.2 Å². The molecule has 4 unspecified atom stereocenters. The quantitative estimate of drug-likeness (QED) is 0.656. The van der Waals surface area contributed by atoms with Crippen LogP contribution in [0.25, 0.3) is 0 Å². The van der Waals surface area contributed by atoms with Crippen LogP contribution in [0.5, 0.6) is 5.75 Å². The van der Waals surface area contributed by atoms with Gasteiger partial charge in [0.25, 0.3) is 0 Å². The smallest absolute Gasteiger partial charge is 0.250 e. The Morgan fingerprint density at radius 3 is 2.53 bits per heavy atom. The van der Waals surface area contributed by atoms with E-state index in [2.05, 4.69) is 10.6 Å². The predicted octanol–water partition coefficient (Wildman–Crippen LogP) is 2.37. The first-order chi connectivity index (χ1) is 15.5. The standard InChI is InChI=1S/C24H25N3O4S/c1-31-15-9-7-14(8-10-15)13-27-21(28)19-18(11-12-32-2)26-24(20(19)22(27)29)16-5-3-4-6-17(16)25-23(24)30/h3-10,18-20,26H,11-13H2,1-2H3,(H,25,30). The molecule has 3 aliphatic rings. The summed E-state index contributed by atoms with van der Waals surface area (Å²) in [5.41, 5.74) is 1.07. The van der Waals surface area contributed by atoms with E-state index in [0.717, 1.165) is 16.9 Å². The number of thioether (sulfide) groups is 1.